The first-order chi connectivity index (χ1) is 9.13. The van der Waals surface area contributed by atoms with Crippen LogP contribution in [0.25, 0.3) is 0 Å². The van der Waals surface area contributed by atoms with Crippen LogP contribution in [-0.2, 0) is 5.92 Å². The highest BCUT2D eigenvalue weighted by molar-refractivity contribution is 5.20. The minimum atomic E-state index is -2.78. The van der Waals surface area contributed by atoms with Crippen LogP contribution in [0.2, 0.25) is 0 Å². The number of rotatable bonds is 5. The molecule has 1 aromatic carbocycles. The van der Waals surface area contributed by atoms with E-state index < -0.39 is 5.92 Å². The number of hydrogen-bond acceptors (Lipinski definition) is 1. The topological polar surface area (TPSA) is 12.0 Å². The minimum absolute atomic E-state index is 0.103. The van der Waals surface area contributed by atoms with E-state index in [4.69, 9.17) is 0 Å². The van der Waals surface area contributed by atoms with E-state index in [2.05, 4.69) is 12.2 Å². The van der Waals surface area contributed by atoms with Gasteiger partial charge in [0.05, 0.1) is 6.54 Å². The van der Waals surface area contributed by atoms with Crippen LogP contribution < -0.4 is 5.32 Å². The number of halogens is 2. The third-order valence-corrected chi connectivity index (χ3v) is 4.22. The molecule has 0 aliphatic heterocycles. The maximum absolute atomic E-state index is 14.1. The van der Waals surface area contributed by atoms with E-state index in [0.29, 0.717) is 5.92 Å². The second kappa shape index (κ2) is 6.47. The fourth-order valence-electron chi connectivity index (χ4n) is 3.01. The lowest BCUT2D eigenvalue weighted by Crippen LogP contribution is -2.43. The highest BCUT2D eigenvalue weighted by atomic mass is 19.3. The molecule has 1 saturated carbocycles. The van der Waals surface area contributed by atoms with Crippen molar-refractivity contribution in [3.8, 4) is 0 Å². The van der Waals surface area contributed by atoms with Crippen molar-refractivity contribution in [3.63, 3.8) is 0 Å². The summed E-state index contributed by atoms with van der Waals surface area (Å²) in [6.07, 6.45) is 5.68. The van der Waals surface area contributed by atoms with Gasteiger partial charge in [-0.1, -0.05) is 56.5 Å². The molecule has 19 heavy (non-hydrogen) atoms. The summed E-state index contributed by atoms with van der Waals surface area (Å²) < 4.78 is 28.2. The van der Waals surface area contributed by atoms with Gasteiger partial charge in [-0.25, -0.2) is 0 Å². The average molecular weight is 267 g/mol. The van der Waals surface area contributed by atoms with Crippen LogP contribution >= 0.6 is 0 Å². The zero-order valence-corrected chi connectivity index (χ0v) is 11.5. The van der Waals surface area contributed by atoms with E-state index in [1.807, 2.05) is 0 Å². The lowest BCUT2D eigenvalue weighted by molar-refractivity contribution is -0.00905. The molecule has 2 rings (SSSR count). The summed E-state index contributed by atoms with van der Waals surface area (Å²) in [5.41, 5.74) is 0.103. The SMILES string of the molecule is CCC1CCCCC1NCC(F)(F)c1ccccc1. The first-order valence-corrected chi connectivity index (χ1v) is 7.30. The smallest absolute Gasteiger partial charge is 0.285 e. The molecule has 1 aromatic rings. The van der Waals surface area contributed by atoms with Crippen molar-refractivity contribution in [3.05, 3.63) is 35.9 Å². The van der Waals surface area contributed by atoms with Gasteiger partial charge in [-0.3, -0.25) is 0 Å². The van der Waals surface area contributed by atoms with Gasteiger partial charge in [0, 0.05) is 11.6 Å². The summed E-state index contributed by atoms with van der Waals surface area (Å²) >= 11 is 0. The van der Waals surface area contributed by atoms with Gasteiger partial charge >= 0.3 is 0 Å². The van der Waals surface area contributed by atoms with Crippen molar-refractivity contribution in [2.45, 2.75) is 51.0 Å². The highest BCUT2D eigenvalue weighted by Gasteiger charge is 2.33. The van der Waals surface area contributed by atoms with Gasteiger partial charge in [-0.15, -0.1) is 0 Å². The molecule has 1 aliphatic carbocycles. The number of alkyl halides is 2. The molecule has 0 saturated heterocycles. The third-order valence-electron chi connectivity index (χ3n) is 4.22. The van der Waals surface area contributed by atoms with Crippen LogP contribution in [0.15, 0.2) is 30.3 Å². The van der Waals surface area contributed by atoms with Gasteiger partial charge < -0.3 is 5.32 Å². The second-order valence-electron chi connectivity index (χ2n) is 5.51. The fraction of sp³-hybridized carbons (Fsp3) is 0.625. The first kappa shape index (κ1) is 14.4. The summed E-state index contributed by atoms with van der Waals surface area (Å²) in [5.74, 6) is -2.22. The molecule has 1 nitrogen and oxygen atoms in total. The Morgan fingerprint density at radius 2 is 1.84 bits per heavy atom. The van der Waals surface area contributed by atoms with Crippen molar-refractivity contribution in [2.24, 2.45) is 5.92 Å². The molecule has 0 amide bonds. The van der Waals surface area contributed by atoms with E-state index in [0.717, 1.165) is 19.3 Å². The van der Waals surface area contributed by atoms with Crippen LogP contribution in [-0.4, -0.2) is 12.6 Å². The standard InChI is InChI=1S/C16H23F2N/c1-2-13-8-6-7-11-15(13)19-12-16(17,18)14-9-4-3-5-10-14/h3-5,9-10,13,15,19H,2,6-8,11-12H2,1H3. The third kappa shape index (κ3) is 3.75. The van der Waals surface area contributed by atoms with Gasteiger partial charge in [0.15, 0.2) is 0 Å². The monoisotopic (exact) mass is 267 g/mol. The molecule has 0 aromatic heterocycles. The van der Waals surface area contributed by atoms with Crippen molar-refractivity contribution in [1.82, 2.24) is 5.32 Å². The molecule has 2 unspecified atom stereocenters. The minimum Gasteiger partial charge on any atom is -0.308 e. The number of nitrogens with one attached hydrogen (secondary N) is 1. The van der Waals surface area contributed by atoms with Crippen molar-refractivity contribution in [1.29, 1.82) is 0 Å². The average Bonchev–Trinajstić information content (AvgIpc) is 2.46. The van der Waals surface area contributed by atoms with Gasteiger partial charge in [-0.2, -0.15) is 8.78 Å². The molecule has 3 heteroatoms. The Kier molecular flexibility index (Phi) is 4.92. The summed E-state index contributed by atoms with van der Waals surface area (Å²) in [7, 11) is 0. The zero-order valence-electron chi connectivity index (χ0n) is 11.5. The van der Waals surface area contributed by atoms with Crippen molar-refractivity contribution >= 4 is 0 Å². The van der Waals surface area contributed by atoms with Gasteiger partial charge in [-0.05, 0) is 18.8 Å². The van der Waals surface area contributed by atoms with Crippen molar-refractivity contribution < 1.29 is 8.78 Å². The Hall–Kier alpha value is -0.960. The highest BCUT2D eigenvalue weighted by Crippen LogP contribution is 2.30. The summed E-state index contributed by atoms with van der Waals surface area (Å²) in [6.45, 7) is 1.90. The Balaban J connectivity index is 1.93. The normalized spacial score (nSPS) is 24.4. The first-order valence-electron chi connectivity index (χ1n) is 7.30. The van der Waals surface area contributed by atoms with Gasteiger partial charge in [0.2, 0.25) is 0 Å². The molecular weight excluding hydrogens is 244 g/mol. The summed E-state index contributed by atoms with van der Waals surface area (Å²) in [5, 5.41) is 3.11. The molecule has 106 valence electrons. The van der Waals surface area contributed by atoms with Gasteiger partial charge in [0.1, 0.15) is 0 Å². The molecule has 0 spiro atoms. The van der Waals surface area contributed by atoms with Crippen LogP contribution in [0.3, 0.4) is 0 Å². The van der Waals surface area contributed by atoms with Gasteiger partial charge in [0.25, 0.3) is 5.92 Å². The molecular formula is C16H23F2N. The second-order valence-corrected chi connectivity index (χ2v) is 5.51. The molecule has 2 atom stereocenters. The Bertz CT molecular complexity index is 378. The Labute approximate surface area is 114 Å². The largest absolute Gasteiger partial charge is 0.308 e. The molecule has 1 N–H and O–H groups in total. The van der Waals surface area contributed by atoms with Crippen LogP contribution in [0, 0.1) is 5.92 Å². The van der Waals surface area contributed by atoms with E-state index in [9.17, 15) is 8.78 Å². The Morgan fingerprint density at radius 3 is 2.53 bits per heavy atom. The maximum Gasteiger partial charge on any atom is 0.285 e. The van der Waals surface area contributed by atoms with Crippen molar-refractivity contribution in [2.75, 3.05) is 6.54 Å². The molecule has 1 fully saturated rings. The number of hydrogen-bond donors (Lipinski definition) is 1. The van der Waals surface area contributed by atoms with E-state index >= 15 is 0 Å². The Morgan fingerprint density at radius 1 is 1.16 bits per heavy atom. The summed E-state index contributed by atoms with van der Waals surface area (Å²) in [6, 6.07) is 8.35. The molecule has 0 radical (unpaired) electrons. The number of benzene rings is 1. The lowest BCUT2D eigenvalue weighted by atomic mass is 9.83. The van der Waals surface area contributed by atoms with E-state index in [1.54, 1.807) is 18.2 Å². The van der Waals surface area contributed by atoms with E-state index in [1.165, 1.54) is 25.0 Å². The molecule has 0 heterocycles. The predicted molar refractivity (Wildman–Crippen MR) is 74.4 cm³/mol. The maximum atomic E-state index is 14.1. The predicted octanol–water partition coefficient (Wildman–Crippen LogP) is 4.34. The quantitative estimate of drug-likeness (QED) is 0.837. The van der Waals surface area contributed by atoms with Crippen LogP contribution in [0.4, 0.5) is 8.78 Å². The van der Waals surface area contributed by atoms with Crippen LogP contribution in [0.1, 0.15) is 44.6 Å². The molecule has 1 aliphatic rings. The van der Waals surface area contributed by atoms with Crippen LogP contribution in [0.5, 0.6) is 0 Å². The lowest BCUT2D eigenvalue weighted by Gasteiger charge is -2.33. The van der Waals surface area contributed by atoms with E-state index in [-0.39, 0.29) is 18.2 Å². The zero-order chi connectivity index (χ0) is 13.7. The fourth-order valence-corrected chi connectivity index (χ4v) is 3.01. The molecule has 0 bridgehead atoms. The summed E-state index contributed by atoms with van der Waals surface area (Å²) in [4.78, 5) is 0.